The van der Waals surface area contributed by atoms with Crippen LogP contribution in [0.15, 0.2) is 39.8 Å². The number of carboxylic acids is 1. The molecule has 0 bridgehead atoms. The minimum atomic E-state index is -3.73. The Labute approximate surface area is 115 Å². The lowest BCUT2D eigenvalue weighted by Gasteiger charge is -2.04. The first-order valence-corrected chi connectivity index (χ1v) is 7.38. The van der Waals surface area contributed by atoms with E-state index in [0.717, 1.165) is 0 Å². The third-order valence-electron chi connectivity index (χ3n) is 2.54. The van der Waals surface area contributed by atoms with Gasteiger partial charge in [-0.2, -0.15) is 0 Å². The molecule has 1 aromatic carbocycles. The monoisotopic (exact) mass is 298 g/mol. The van der Waals surface area contributed by atoms with Crippen molar-refractivity contribution in [1.29, 1.82) is 0 Å². The van der Waals surface area contributed by atoms with Gasteiger partial charge >= 0.3 is 5.97 Å². The summed E-state index contributed by atoms with van der Waals surface area (Å²) in [5, 5.41) is 11.5. The van der Waals surface area contributed by atoms with Crippen LogP contribution in [-0.4, -0.2) is 39.1 Å². The highest BCUT2D eigenvalue weighted by Crippen LogP contribution is 2.21. The van der Waals surface area contributed by atoms with E-state index in [-0.39, 0.29) is 24.7 Å². The number of hydrogen-bond acceptors (Lipinski definition) is 5. The number of para-hydroxylation sites is 1. The molecule has 0 fully saturated rings. The Hall–Kier alpha value is -1.90. The molecule has 0 aliphatic carbocycles. The average Bonchev–Trinajstić information content (AvgIpc) is 2.82. The average molecular weight is 298 g/mol. The Bertz CT molecular complexity index is 674. The molecule has 1 aromatic heterocycles. The van der Waals surface area contributed by atoms with Crippen LogP contribution in [-0.2, 0) is 14.8 Å². The zero-order chi connectivity index (χ0) is 14.6. The summed E-state index contributed by atoms with van der Waals surface area (Å²) in [4.78, 5) is 10.3. The van der Waals surface area contributed by atoms with Crippen LogP contribution < -0.4 is 10.0 Å². The molecule has 0 spiro atoms. The van der Waals surface area contributed by atoms with E-state index >= 15 is 0 Å². The number of furan rings is 1. The number of nitrogens with one attached hydrogen (secondary N) is 2. The van der Waals surface area contributed by atoms with Crippen molar-refractivity contribution >= 4 is 27.0 Å². The summed E-state index contributed by atoms with van der Waals surface area (Å²) in [6.07, 6.45) is 0. The highest BCUT2D eigenvalue weighted by Gasteiger charge is 2.18. The summed E-state index contributed by atoms with van der Waals surface area (Å²) in [5.41, 5.74) is 0.497. The van der Waals surface area contributed by atoms with Crippen LogP contribution >= 0.6 is 0 Å². The molecule has 108 valence electrons. The summed E-state index contributed by atoms with van der Waals surface area (Å²) in [7, 11) is -3.73. The first kappa shape index (κ1) is 14.5. The number of carboxylic acid groups (broad SMARTS) is 1. The van der Waals surface area contributed by atoms with Gasteiger partial charge in [0.1, 0.15) is 5.58 Å². The second-order valence-electron chi connectivity index (χ2n) is 4.07. The molecule has 0 unspecified atom stereocenters. The van der Waals surface area contributed by atoms with Crippen LogP contribution in [0.1, 0.15) is 0 Å². The molecule has 0 aliphatic rings. The number of rotatable bonds is 7. The van der Waals surface area contributed by atoms with Crippen molar-refractivity contribution in [1.82, 2.24) is 10.0 Å². The van der Waals surface area contributed by atoms with Crippen molar-refractivity contribution in [3.63, 3.8) is 0 Å². The number of aliphatic carboxylic acids is 1. The summed E-state index contributed by atoms with van der Waals surface area (Å²) in [6.45, 7) is 0.0742. The van der Waals surface area contributed by atoms with Gasteiger partial charge in [-0.15, -0.1) is 0 Å². The quantitative estimate of drug-likeness (QED) is 0.638. The molecule has 2 aromatic rings. The largest absolute Gasteiger partial charge is 0.480 e. The van der Waals surface area contributed by atoms with Crippen molar-refractivity contribution in [2.75, 3.05) is 19.6 Å². The van der Waals surface area contributed by atoms with E-state index in [0.29, 0.717) is 11.0 Å². The van der Waals surface area contributed by atoms with E-state index in [1.807, 2.05) is 0 Å². The standard InChI is InChI=1S/C12H14N2O5S/c15-11(16)8-13-5-6-14-20(17,18)12-7-9-3-1-2-4-10(9)19-12/h1-4,7,13-14H,5-6,8H2,(H,15,16). The normalized spacial score (nSPS) is 11.8. The van der Waals surface area contributed by atoms with Gasteiger partial charge in [0.25, 0.3) is 10.0 Å². The molecule has 8 heteroatoms. The van der Waals surface area contributed by atoms with Gasteiger partial charge in [-0.05, 0) is 6.07 Å². The van der Waals surface area contributed by atoms with Crippen LogP contribution in [0.2, 0.25) is 0 Å². The van der Waals surface area contributed by atoms with Crippen molar-refractivity contribution in [2.45, 2.75) is 5.09 Å². The van der Waals surface area contributed by atoms with Gasteiger partial charge in [0.05, 0.1) is 6.54 Å². The molecule has 0 aliphatic heterocycles. The lowest BCUT2D eigenvalue weighted by molar-refractivity contribution is -0.135. The second kappa shape index (κ2) is 6.04. The lowest BCUT2D eigenvalue weighted by Crippen LogP contribution is -2.33. The van der Waals surface area contributed by atoms with Gasteiger partial charge in [-0.1, -0.05) is 18.2 Å². The molecule has 2 rings (SSSR count). The second-order valence-corrected chi connectivity index (χ2v) is 5.77. The highest BCUT2D eigenvalue weighted by molar-refractivity contribution is 7.89. The van der Waals surface area contributed by atoms with Crippen LogP contribution in [0, 0.1) is 0 Å². The van der Waals surface area contributed by atoms with Gasteiger partial charge < -0.3 is 14.8 Å². The minimum Gasteiger partial charge on any atom is -0.480 e. The van der Waals surface area contributed by atoms with Crippen LogP contribution in [0.3, 0.4) is 0 Å². The van der Waals surface area contributed by atoms with E-state index in [2.05, 4.69) is 10.0 Å². The first-order chi connectivity index (χ1) is 9.49. The molecular formula is C12H14N2O5S. The van der Waals surface area contributed by atoms with E-state index < -0.39 is 16.0 Å². The fourth-order valence-corrected chi connectivity index (χ4v) is 2.62. The molecule has 0 amide bonds. The summed E-state index contributed by atoms with van der Waals surface area (Å²) < 4.78 is 31.5. The lowest BCUT2D eigenvalue weighted by atomic mass is 10.3. The van der Waals surface area contributed by atoms with Crippen molar-refractivity contribution in [3.05, 3.63) is 30.3 Å². The maximum Gasteiger partial charge on any atom is 0.317 e. The Morgan fingerprint density at radius 2 is 2.00 bits per heavy atom. The molecule has 0 saturated carbocycles. The smallest absolute Gasteiger partial charge is 0.317 e. The van der Waals surface area contributed by atoms with E-state index in [4.69, 9.17) is 9.52 Å². The topological polar surface area (TPSA) is 109 Å². The third-order valence-corrected chi connectivity index (χ3v) is 3.85. The predicted octanol–water partition coefficient (Wildman–Crippen LogP) is 0.385. The zero-order valence-corrected chi connectivity index (χ0v) is 11.3. The van der Waals surface area contributed by atoms with E-state index in [1.165, 1.54) is 6.07 Å². The number of carbonyl (C=O) groups is 1. The van der Waals surface area contributed by atoms with Gasteiger partial charge in [-0.3, -0.25) is 4.79 Å². The molecule has 7 nitrogen and oxygen atoms in total. The van der Waals surface area contributed by atoms with Crippen LogP contribution in [0.4, 0.5) is 0 Å². The number of fused-ring (bicyclic) bond motifs is 1. The number of hydrogen-bond donors (Lipinski definition) is 3. The number of sulfonamides is 1. The molecule has 20 heavy (non-hydrogen) atoms. The van der Waals surface area contributed by atoms with Gasteiger partial charge in [0, 0.05) is 24.5 Å². The van der Waals surface area contributed by atoms with Crippen molar-refractivity contribution < 1.29 is 22.7 Å². The van der Waals surface area contributed by atoms with Crippen molar-refractivity contribution in [3.8, 4) is 0 Å². The highest BCUT2D eigenvalue weighted by atomic mass is 32.2. The molecule has 1 heterocycles. The Kier molecular flexibility index (Phi) is 4.38. The molecule has 0 radical (unpaired) electrons. The fourth-order valence-electron chi connectivity index (χ4n) is 1.63. The van der Waals surface area contributed by atoms with E-state index in [9.17, 15) is 13.2 Å². The summed E-state index contributed by atoms with van der Waals surface area (Å²) in [5.74, 6) is -0.995. The maximum absolute atomic E-state index is 11.9. The predicted molar refractivity (Wildman–Crippen MR) is 71.9 cm³/mol. The first-order valence-electron chi connectivity index (χ1n) is 5.90. The van der Waals surface area contributed by atoms with Gasteiger partial charge in [-0.25, -0.2) is 13.1 Å². The van der Waals surface area contributed by atoms with Crippen LogP contribution in [0.5, 0.6) is 0 Å². The Balaban J connectivity index is 1.97. The van der Waals surface area contributed by atoms with E-state index in [1.54, 1.807) is 24.3 Å². The zero-order valence-electron chi connectivity index (χ0n) is 10.5. The van der Waals surface area contributed by atoms with Gasteiger partial charge in [0.2, 0.25) is 5.09 Å². The Morgan fingerprint density at radius 3 is 2.70 bits per heavy atom. The third kappa shape index (κ3) is 3.56. The molecule has 3 N–H and O–H groups in total. The SMILES string of the molecule is O=C(O)CNCCNS(=O)(=O)c1cc2ccccc2o1. The van der Waals surface area contributed by atoms with Crippen LogP contribution in [0.25, 0.3) is 11.0 Å². The molecular weight excluding hydrogens is 284 g/mol. The van der Waals surface area contributed by atoms with Crippen molar-refractivity contribution in [2.24, 2.45) is 0 Å². The minimum absolute atomic E-state index is 0.0761. The summed E-state index contributed by atoms with van der Waals surface area (Å²) in [6, 6.07) is 8.43. The number of benzene rings is 1. The van der Waals surface area contributed by atoms with Gasteiger partial charge in [0.15, 0.2) is 0 Å². The maximum atomic E-state index is 11.9. The Morgan fingerprint density at radius 1 is 1.25 bits per heavy atom. The fraction of sp³-hybridized carbons (Fsp3) is 0.250. The molecule has 0 atom stereocenters. The summed E-state index contributed by atoms with van der Waals surface area (Å²) >= 11 is 0. The molecule has 0 saturated heterocycles.